The van der Waals surface area contributed by atoms with Gasteiger partial charge in [0, 0.05) is 12.1 Å². The summed E-state index contributed by atoms with van der Waals surface area (Å²) in [5.41, 5.74) is 0.155. The van der Waals surface area contributed by atoms with Crippen LogP contribution in [-0.2, 0) is 0 Å². The van der Waals surface area contributed by atoms with E-state index in [1.54, 1.807) is 6.07 Å². The maximum absolute atomic E-state index is 13.8. The molecule has 2 rings (SSSR count). The fourth-order valence-electron chi connectivity index (χ4n) is 2.64. The summed E-state index contributed by atoms with van der Waals surface area (Å²) in [6.07, 6.45) is 3.14. The summed E-state index contributed by atoms with van der Waals surface area (Å²) in [6.45, 7) is 4.27. The van der Waals surface area contributed by atoms with Gasteiger partial charge in [0.2, 0.25) is 0 Å². The first kappa shape index (κ1) is 13.8. The number of rotatable bonds is 3. The van der Waals surface area contributed by atoms with Gasteiger partial charge in [0.05, 0.1) is 12.7 Å². The molecule has 1 amide bonds. The molecular weight excluding hydrogens is 245 g/mol. The molecule has 0 radical (unpaired) electrons. The fourth-order valence-corrected chi connectivity index (χ4v) is 2.64. The summed E-state index contributed by atoms with van der Waals surface area (Å²) in [5, 5.41) is 2.94. The van der Waals surface area contributed by atoms with Crippen molar-refractivity contribution in [2.45, 2.75) is 39.2 Å². The van der Waals surface area contributed by atoms with E-state index < -0.39 is 5.82 Å². The monoisotopic (exact) mass is 265 g/mol. The van der Waals surface area contributed by atoms with Crippen molar-refractivity contribution in [3.63, 3.8) is 0 Å². The van der Waals surface area contributed by atoms with Crippen molar-refractivity contribution in [1.82, 2.24) is 5.32 Å². The zero-order chi connectivity index (χ0) is 14.0. The van der Waals surface area contributed by atoms with Crippen molar-refractivity contribution in [2.24, 2.45) is 5.41 Å². The molecule has 1 aliphatic carbocycles. The minimum atomic E-state index is -0.548. The number of methoxy groups -OCH3 is 1. The van der Waals surface area contributed by atoms with Crippen LogP contribution in [0.4, 0.5) is 4.39 Å². The van der Waals surface area contributed by atoms with Gasteiger partial charge in [-0.2, -0.15) is 0 Å². The van der Waals surface area contributed by atoms with Gasteiger partial charge in [0.1, 0.15) is 11.6 Å². The summed E-state index contributed by atoms with van der Waals surface area (Å²) in [4.78, 5) is 12.1. The average molecular weight is 265 g/mol. The number of benzene rings is 1. The highest BCUT2D eigenvalue weighted by Crippen LogP contribution is 2.37. The largest absolute Gasteiger partial charge is 0.497 e. The van der Waals surface area contributed by atoms with Crippen LogP contribution in [0.15, 0.2) is 18.2 Å². The maximum atomic E-state index is 13.8. The Morgan fingerprint density at radius 3 is 2.74 bits per heavy atom. The minimum absolute atomic E-state index is 0.0727. The number of carbonyl (C=O) groups is 1. The molecule has 1 saturated carbocycles. The summed E-state index contributed by atoms with van der Waals surface area (Å²) >= 11 is 0. The standard InChI is InChI=1S/C15H20FNO2/c1-15(2)8-4-5-13(15)17-14(18)11-7-6-10(19-3)9-12(11)16/h6-7,9,13H,4-5,8H2,1-3H3,(H,17,18). The van der Waals surface area contributed by atoms with Gasteiger partial charge in [0.15, 0.2) is 0 Å². The van der Waals surface area contributed by atoms with E-state index in [4.69, 9.17) is 4.74 Å². The van der Waals surface area contributed by atoms with Crippen LogP contribution < -0.4 is 10.1 Å². The molecule has 1 aromatic rings. The quantitative estimate of drug-likeness (QED) is 0.911. The Kier molecular flexibility index (Phi) is 3.78. The molecule has 0 aromatic heterocycles. The molecule has 1 atom stereocenters. The van der Waals surface area contributed by atoms with E-state index in [0.29, 0.717) is 5.75 Å². The molecule has 3 nitrogen and oxygen atoms in total. The lowest BCUT2D eigenvalue weighted by atomic mass is 9.87. The molecule has 1 aliphatic rings. The number of ether oxygens (including phenoxy) is 1. The average Bonchev–Trinajstić information content (AvgIpc) is 2.68. The Bertz CT molecular complexity index is 485. The van der Waals surface area contributed by atoms with Crippen LogP contribution in [-0.4, -0.2) is 19.1 Å². The minimum Gasteiger partial charge on any atom is -0.497 e. The van der Waals surface area contributed by atoms with Crippen LogP contribution >= 0.6 is 0 Å². The van der Waals surface area contributed by atoms with E-state index in [1.807, 2.05) is 0 Å². The maximum Gasteiger partial charge on any atom is 0.254 e. The zero-order valence-corrected chi connectivity index (χ0v) is 11.6. The first-order valence-electron chi connectivity index (χ1n) is 6.58. The first-order valence-corrected chi connectivity index (χ1v) is 6.58. The molecule has 4 heteroatoms. The molecule has 0 bridgehead atoms. The number of carbonyl (C=O) groups excluding carboxylic acids is 1. The third-order valence-electron chi connectivity index (χ3n) is 3.98. The van der Waals surface area contributed by atoms with Crippen molar-refractivity contribution in [3.05, 3.63) is 29.6 Å². The zero-order valence-electron chi connectivity index (χ0n) is 11.6. The second kappa shape index (κ2) is 5.19. The van der Waals surface area contributed by atoms with E-state index in [9.17, 15) is 9.18 Å². The van der Waals surface area contributed by atoms with Crippen molar-refractivity contribution in [1.29, 1.82) is 0 Å². The summed E-state index contributed by atoms with van der Waals surface area (Å²) < 4.78 is 18.7. The number of hydrogen-bond acceptors (Lipinski definition) is 2. The van der Waals surface area contributed by atoms with Crippen LogP contribution in [0.3, 0.4) is 0 Å². The highest BCUT2D eigenvalue weighted by atomic mass is 19.1. The van der Waals surface area contributed by atoms with Gasteiger partial charge >= 0.3 is 0 Å². The van der Waals surface area contributed by atoms with Crippen molar-refractivity contribution in [3.8, 4) is 5.75 Å². The topological polar surface area (TPSA) is 38.3 Å². The molecule has 1 unspecified atom stereocenters. The molecule has 0 aliphatic heterocycles. The normalized spacial score (nSPS) is 21.2. The molecule has 0 spiro atoms. The molecule has 1 aromatic carbocycles. The lowest BCUT2D eigenvalue weighted by Crippen LogP contribution is -2.41. The number of amides is 1. The van der Waals surface area contributed by atoms with E-state index in [1.165, 1.54) is 19.2 Å². The second-order valence-electron chi connectivity index (χ2n) is 5.75. The molecule has 0 heterocycles. The Balaban J connectivity index is 2.12. The highest BCUT2D eigenvalue weighted by molar-refractivity contribution is 5.94. The Morgan fingerprint density at radius 1 is 1.47 bits per heavy atom. The van der Waals surface area contributed by atoms with Gasteiger partial charge in [-0.15, -0.1) is 0 Å². The van der Waals surface area contributed by atoms with E-state index >= 15 is 0 Å². The number of halogens is 1. The third kappa shape index (κ3) is 2.88. The second-order valence-corrected chi connectivity index (χ2v) is 5.75. The van der Waals surface area contributed by atoms with Crippen molar-refractivity contribution < 1.29 is 13.9 Å². The predicted molar refractivity (Wildman–Crippen MR) is 71.8 cm³/mol. The van der Waals surface area contributed by atoms with Crippen molar-refractivity contribution >= 4 is 5.91 Å². The van der Waals surface area contributed by atoms with Gasteiger partial charge in [-0.3, -0.25) is 4.79 Å². The van der Waals surface area contributed by atoms with E-state index in [2.05, 4.69) is 19.2 Å². The predicted octanol–water partition coefficient (Wildman–Crippen LogP) is 3.14. The molecule has 19 heavy (non-hydrogen) atoms. The van der Waals surface area contributed by atoms with Crippen LogP contribution in [0.25, 0.3) is 0 Å². The molecule has 1 N–H and O–H groups in total. The van der Waals surface area contributed by atoms with Crippen LogP contribution in [0.2, 0.25) is 0 Å². The SMILES string of the molecule is COc1ccc(C(=O)NC2CCCC2(C)C)c(F)c1. The van der Waals surface area contributed by atoms with Gasteiger partial charge in [-0.05, 0) is 30.4 Å². The lowest BCUT2D eigenvalue weighted by molar-refractivity contribution is 0.0906. The van der Waals surface area contributed by atoms with Crippen LogP contribution in [0.5, 0.6) is 5.75 Å². The van der Waals surface area contributed by atoms with E-state index in [-0.39, 0.29) is 22.9 Å². The third-order valence-corrected chi connectivity index (χ3v) is 3.98. The van der Waals surface area contributed by atoms with Gasteiger partial charge < -0.3 is 10.1 Å². The number of nitrogens with one attached hydrogen (secondary N) is 1. The number of hydrogen-bond donors (Lipinski definition) is 1. The first-order chi connectivity index (χ1) is 8.94. The summed E-state index contributed by atoms with van der Waals surface area (Å²) in [6, 6.07) is 4.40. The van der Waals surface area contributed by atoms with E-state index in [0.717, 1.165) is 19.3 Å². The summed E-state index contributed by atoms with van der Waals surface area (Å²) in [5.74, 6) is -0.483. The van der Waals surface area contributed by atoms with Crippen LogP contribution in [0.1, 0.15) is 43.5 Å². The van der Waals surface area contributed by atoms with Gasteiger partial charge in [-0.1, -0.05) is 20.3 Å². The van der Waals surface area contributed by atoms with Crippen molar-refractivity contribution in [2.75, 3.05) is 7.11 Å². The Morgan fingerprint density at radius 2 is 2.21 bits per heavy atom. The molecule has 1 fully saturated rings. The van der Waals surface area contributed by atoms with Gasteiger partial charge in [0.25, 0.3) is 5.91 Å². The Hall–Kier alpha value is -1.58. The Labute approximate surface area is 113 Å². The lowest BCUT2D eigenvalue weighted by Gasteiger charge is -2.27. The molecule has 0 saturated heterocycles. The smallest absolute Gasteiger partial charge is 0.254 e. The van der Waals surface area contributed by atoms with Gasteiger partial charge in [-0.25, -0.2) is 4.39 Å². The molecule has 104 valence electrons. The molecular formula is C15H20FNO2. The summed E-state index contributed by atoms with van der Waals surface area (Å²) in [7, 11) is 1.47. The van der Waals surface area contributed by atoms with Crippen LogP contribution in [0, 0.1) is 11.2 Å². The fraction of sp³-hybridized carbons (Fsp3) is 0.533. The highest BCUT2D eigenvalue weighted by Gasteiger charge is 2.35.